The molecule has 1 amide bonds. The van der Waals surface area contributed by atoms with Gasteiger partial charge in [-0.1, -0.05) is 0 Å². The number of aromatic nitrogens is 4. The molecule has 0 aliphatic carbocycles. The molecule has 0 radical (unpaired) electrons. The number of carbonyl (C=O) groups excluding carboxylic acids is 1. The van der Waals surface area contributed by atoms with Crippen LogP contribution in [-0.2, 0) is 6.67 Å². The lowest BCUT2D eigenvalue weighted by Crippen LogP contribution is -2.14. The van der Waals surface area contributed by atoms with Gasteiger partial charge in [0.05, 0.1) is 10.7 Å². The zero-order chi connectivity index (χ0) is 10.8. The van der Waals surface area contributed by atoms with Crippen molar-refractivity contribution in [2.24, 2.45) is 5.73 Å². The SMILES string of the molecule is NC(=O)c1ccn(Cn2cc(Br)cn2)n1. The van der Waals surface area contributed by atoms with E-state index in [2.05, 4.69) is 26.1 Å². The number of hydrogen-bond donors (Lipinski definition) is 1. The minimum atomic E-state index is -0.532. The van der Waals surface area contributed by atoms with Crippen molar-refractivity contribution in [2.75, 3.05) is 0 Å². The van der Waals surface area contributed by atoms with Crippen LogP contribution in [0, 0.1) is 0 Å². The van der Waals surface area contributed by atoms with Crippen molar-refractivity contribution in [2.45, 2.75) is 6.67 Å². The molecule has 0 saturated carbocycles. The summed E-state index contributed by atoms with van der Waals surface area (Å²) in [5.41, 5.74) is 5.33. The quantitative estimate of drug-likeness (QED) is 0.879. The van der Waals surface area contributed by atoms with Crippen molar-refractivity contribution in [3.05, 3.63) is 34.8 Å². The summed E-state index contributed by atoms with van der Waals surface area (Å²) < 4.78 is 4.16. The van der Waals surface area contributed by atoms with Crippen LogP contribution in [0.2, 0.25) is 0 Å². The highest BCUT2D eigenvalue weighted by Gasteiger charge is 2.04. The molecule has 0 atom stereocenters. The van der Waals surface area contributed by atoms with Crippen molar-refractivity contribution in [1.29, 1.82) is 0 Å². The number of hydrogen-bond acceptors (Lipinski definition) is 3. The molecule has 6 nitrogen and oxygen atoms in total. The molecule has 2 aromatic heterocycles. The van der Waals surface area contributed by atoms with Gasteiger partial charge in [0.2, 0.25) is 0 Å². The van der Waals surface area contributed by atoms with E-state index in [4.69, 9.17) is 5.73 Å². The molecule has 78 valence electrons. The predicted octanol–water partition coefficient (Wildman–Crippen LogP) is 0.447. The Hall–Kier alpha value is -1.63. The largest absolute Gasteiger partial charge is 0.364 e. The van der Waals surface area contributed by atoms with E-state index in [1.54, 1.807) is 27.8 Å². The summed E-state index contributed by atoms with van der Waals surface area (Å²) in [6.45, 7) is 0.443. The van der Waals surface area contributed by atoms with Gasteiger partial charge in [0, 0.05) is 12.4 Å². The molecular formula is C8H8BrN5O. The second-order valence-electron chi connectivity index (χ2n) is 2.94. The van der Waals surface area contributed by atoms with Crippen LogP contribution in [-0.4, -0.2) is 25.5 Å². The maximum absolute atomic E-state index is 10.8. The van der Waals surface area contributed by atoms with E-state index >= 15 is 0 Å². The second kappa shape index (κ2) is 3.85. The van der Waals surface area contributed by atoms with E-state index in [1.165, 1.54) is 0 Å². The molecule has 0 fully saturated rings. The van der Waals surface area contributed by atoms with Crippen molar-refractivity contribution in [3.63, 3.8) is 0 Å². The molecule has 7 heteroatoms. The van der Waals surface area contributed by atoms with E-state index in [1.807, 2.05) is 6.20 Å². The molecule has 0 saturated heterocycles. The summed E-state index contributed by atoms with van der Waals surface area (Å²) in [7, 11) is 0. The van der Waals surface area contributed by atoms with Crippen molar-refractivity contribution >= 4 is 21.8 Å². The Morgan fingerprint density at radius 3 is 2.87 bits per heavy atom. The van der Waals surface area contributed by atoms with E-state index in [-0.39, 0.29) is 5.69 Å². The third-order valence-electron chi connectivity index (χ3n) is 1.78. The van der Waals surface area contributed by atoms with Gasteiger partial charge in [-0.15, -0.1) is 0 Å². The van der Waals surface area contributed by atoms with Gasteiger partial charge in [0.1, 0.15) is 12.4 Å². The van der Waals surface area contributed by atoms with E-state index in [0.29, 0.717) is 6.67 Å². The number of primary amides is 1. The Bertz CT molecular complexity index is 489. The minimum absolute atomic E-state index is 0.251. The average molecular weight is 270 g/mol. The van der Waals surface area contributed by atoms with E-state index in [0.717, 1.165) is 4.47 Å². The van der Waals surface area contributed by atoms with Gasteiger partial charge in [0.15, 0.2) is 0 Å². The number of nitrogens with zero attached hydrogens (tertiary/aromatic N) is 4. The molecule has 2 N–H and O–H groups in total. The first-order chi connectivity index (χ1) is 7.15. The summed E-state index contributed by atoms with van der Waals surface area (Å²) >= 11 is 3.29. The first-order valence-corrected chi connectivity index (χ1v) is 4.95. The average Bonchev–Trinajstić information content (AvgIpc) is 2.76. The summed E-state index contributed by atoms with van der Waals surface area (Å²) in [5.74, 6) is -0.532. The lowest BCUT2D eigenvalue weighted by atomic mass is 10.4. The number of amides is 1. The molecule has 0 unspecified atom stereocenters. The van der Waals surface area contributed by atoms with Crippen LogP contribution in [0.15, 0.2) is 29.1 Å². The minimum Gasteiger partial charge on any atom is -0.364 e. The van der Waals surface area contributed by atoms with Gasteiger partial charge < -0.3 is 5.73 Å². The molecule has 2 aromatic rings. The predicted molar refractivity (Wildman–Crippen MR) is 56.1 cm³/mol. The van der Waals surface area contributed by atoms with Gasteiger partial charge in [0.25, 0.3) is 5.91 Å². The maximum atomic E-state index is 10.8. The molecular weight excluding hydrogens is 262 g/mol. The van der Waals surface area contributed by atoms with Crippen LogP contribution in [0.1, 0.15) is 10.5 Å². The van der Waals surface area contributed by atoms with E-state index < -0.39 is 5.91 Å². The monoisotopic (exact) mass is 269 g/mol. The summed E-state index contributed by atoms with van der Waals surface area (Å²) in [5, 5.41) is 8.04. The van der Waals surface area contributed by atoms with Gasteiger partial charge in [-0.05, 0) is 22.0 Å². The Balaban J connectivity index is 2.14. The van der Waals surface area contributed by atoms with Gasteiger partial charge in [-0.2, -0.15) is 10.2 Å². The molecule has 0 aliphatic heterocycles. The fourth-order valence-electron chi connectivity index (χ4n) is 1.14. The van der Waals surface area contributed by atoms with Crippen LogP contribution in [0.5, 0.6) is 0 Å². The van der Waals surface area contributed by atoms with Gasteiger partial charge >= 0.3 is 0 Å². The number of rotatable bonds is 3. The Labute approximate surface area is 93.8 Å². The normalized spacial score (nSPS) is 10.5. The molecule has 2 rings (SSSR count). The Kier molecular flexibility index (Phi) is 2.55. The highest BCUT2D eigenvalue weighted by atomic mass is 79.9. The van der Waals surface area contributed by atoms with Crippen LogP contribution in [0.4, 0.5) is 0 Å². The van der Waals surface area contributed by atoms with Crippen LogP contribution in [0.25, 0.3) is 0 Å². The van der Waals surface area contributed by atoms with Gasteiger partial charge in [-0.3, -0.25) is 9.48 Å². The van der Waals surface area contributed by atoms with Crippen molar-refractivity contribution in [3.8, 4) is 0 Å². The fraction of sp³-hybridized carbons (Fsp3) is 0.125. The first kappa shape index (κ1) is 9.91. The lowest BCUT2D eigenvalue weighted by molar-refractivity contribution is 0.0994. The Morgan fingerprint density at radius 1 is 1.53 bits per heavy atom. The molecule has 2 heterocycles. The van der Waals surface area contributed by atoms with Crippen LogP contribution >= 0.6 is 15.9 Å². The van der Waals surface area contributed by atoms with Gasteiger partial charge in [-0.25, -0.2) is 4.68 Å². The fourth-order valence-corrected chi connectivity index (χ4v) is 1.46. The van der Waals surface area contributed by atoms with Crippen molar-refractivity contribution in [1.82, 2.24) is 19.6 Å². The van der Waals surface area contributed by atoms with Crippen LogP contribution < -0.4 is 5.73 Å². The zero-order valence-electron chi connectivity index (χ0n) is 7.67. The maximum Gasteiger partial charge on any atom is 0.269 e. The van der Waals surface area contributed by atoms with Crippen LogP contribution in [0.3, 0.4) is 0 Å². The molecule has 0 aliphatic rings. The number of nitrogens with two attached hydrogens (primary N) is 1. The molecule has 0 bridgehead atoms. The van der Waals surface area contributed by atoms with E-state index in [9.17, 15) is 4.79 Å². The molecule has 0 aromatic carbocycles. The smallest absolute Gasteiger partial charge is 0.269 e. The number of carbonyl (C=O) groups is 1. The lowest BCUT2D eigenvalue weighted by Gasteiger charge is -2.00. The summed E-state index contributed by atoms with van der Waals surface area (Å²) in [4.78, 5) is 10.8. The third kappa shape index (κ3) is 2.24. The standard InChI is InChI=1S/C8H8BrN5O/c9-6-3-11-14(4-6)5-13-2-1-7(12-13)8(10)15/h1-4H,5H2,(H2,10,15). The Morgan fingerprint density at radius 2 is 2.33 bits per heavy atom. The summed E-state index contributed by atoms with van der Waals surface area (Å²) in [6.07, 6.45) is 5.17. The number of halogens is 1. The van der Waals surface area contributed by atoms with Crippen molar-refractivity contribution < 1.29 is 4.79 Å². The highest BCUT2D eigenvalue weighted by Crippen LogP contribution is 2.06. The zero-order valence-corrected chi connectivity index (χ0v) is 9.25. The molecule has 15 heavy (non-hydrogen) atoms. The highest BCUT2D eigenvalue weighted by molar-refractivity contribution is 9.10. The second-order valence-corrected chi connectivity index (χ2v) is 3.86. The first-order valence-electron chi connectivity index (χ1n) is 4.16. The third-order valence-corrected chi connectivity index (χ3v) is 2.19. The topological polar surface area (TPSA) is 78.7 Å². The summed E-state index contributed by atoms with van der Waals surface area (Å²) in [6, 6.07) is 1.57. The molecule has 0 spiro atoms.